The predicted molar refractivity (Wildman–Crippen MR) is 106 cm³/mol. The van der Waals surface area contributed by atoms with Crippen molar-refractivity contribution in [1.29, 1.82) is 0 Å². The second kappa shape index (κ2) is 7.43. The average Bonchev–Trinajstić information content (AvgIpc) is 2.65. The molecule has 8 nitrogen and oxygen atoms in total. The standard InChI is InChI=1S/C19H19NO7S/c1-24-16-10-15-17(19(26-3)18(16)25-2)13(21)9-14(27-15)11-5-7-12(8-6-11)20-28(4,22)23/h5-10,20H,1-4H3. The zero-order valence-corrected chi connectivity index (χ0v) is 16.5. The van der Waals surface area contributed by atoms with Gasteiger partial charge in [0.1, 0.15) is 16.7 Å². The van der Waals surface area contributed by atoms with Crippen molar-refractivity contribution in [3.63, 3.8) is 0 Å². The number of sulfonamides is 1. The maximum absolute atomic E-state index is 12.7. The molecule has 0 fully saturated rings. The summed E-state index contributed by atoms with van der Waals surface area (Å²) in [6, 6.07) is 9.35. The number of benzene rings is 2. The quantitative estimate of drug-likeness (QED) is 0.672. The maximum atomic E-state index is 12.7. The molecule has 0 saturated carbocycles. The van der Waals surface area contributed by atoms with Gasteiger partial charge in [0.15, 0.2) is 16.9 Å². The lowest BCUT2D eigenvalue weighted by atomic mass is 10.1. The van der Waals surface area contributed by atoms with E-state index in [1.807, 2.05) is 0 Å². The number of ether oxygens (including phenoxy) is 3. The molecular formula is C19H19NO7S. The summed E-state index contributed by atoms with van der Waals surface area (Å²) in [6.45, 7) is 0. The molecule has 1 heterocycles. The average molecular weight is 405 g/mol. The molecule has 3 aromatic rings. The molecule has 2 aromatic carbocycles. The van der Waals surface area contributed by atoms with Crippen LogP contribution in [0, 0.1) is 0 Å². The maximum Gasteiger partial charge on any atom is 0.229 e. The number of hydrogen-bond donors (Lipinski definition) is 1. The van der Waals surface area contributed by atoms with Crippen LogP contribution >= 0.6 is 0 Å². The van der Waals surface area contributed by atoms with E-state index in [4.69, 9.17) is 18.6 Å². The molecule has 0 amide bonds. The van der Waals surface area contributed by atoms with Crippen LogP contribution in [0.1, 0.15) is 0 Å². The number of hydrogen-bond acceptors (Lipinski definition) is 7. The minimum atomic E-state index is -3.38. The lowest BCUT2D eigenvalue weighted by Gasteiger charge is -2.14. The van der Waals surface area contributed by atoms with E-state index in [9.17, 15) is 13.2 Å². The van der Waals surface area contributed by atoms with E-state index in [1.165, 1.54) is 27.4 Å². The van der Waals surface area contributed by atoms with Gasteiger partial charge in [0.05, 0.1) is 27.6 Å². The van der Waals surface area contributed by atoms with Crippen molar-refractivity contribution in [3.8, 4) is 28.6 Å². The SMILES string of the molecule is COc1cc2oc(-c3ccc(NS(C)(=O)=O)cc3)cc(=O)c2c(OC)c1OC. The Kier molecular flexibility index (Phi) is 5.19. The monoisotopic (exact) mass is 405 g/mol. The lowest BCUT2D eigenvalue weighted by molar-refractivity contribution is 0.326. The summed E-state index contributed by atoms with van der Waals surface area (Å²) in [7, 11) is 0.976. The molecular weight excluding hydrogens is 386 g/mol. The van der Waals surface area contributed by atoms with Gasteiger partial charge in [0.25, 0.3) is 0 Å². The second-order valence-electron chi connectivity index (χ2n) is 5.94. The highest BCUT2D eigenvalue weighted by atomic mass is 32.2. The van der Waals surface area contributed by atoms with Crippen LogP contribution in [-0.4, -0.2) is 36.0 Å². The Hall–Kier alpha value is -3.20. The minimum absolute atomic E-state index is 0.227. The van der Waals surface area contributed by atoms with Gasteiger partial charge in [-0.1, -0.05) is 0 Å². The lowest BCUT2D eigenvalue weighted by Crippen LogP contribution is -2.09. The third-order valence-electron chi connectivity index (χ3n) is 3.99. The van der Waals surface area contributed by atoms with Gasteiger partial charge in [0.2, 0.25) is 15.8 Å². The Morgan fingerprint density at radius 1 is 0.929 bits per heavy atom. The first-order valence-electron chi connectivity index (χ1n) is 8.12. The fourth-order valence-corrected chi connectivity index (χ4v) is 3.41. The highest BCUT2D eigenvalue weighted by Crippen LogP contribution is 2.42. The molecule has 148 valence electrons. The molecule has 3 rings (SSSR count). The fourth-order valence-electron chi connectivity index (χ4n) is 2.85. The van der Waals surface area contributed by atoms with Crippen LogP contribution in [0.25, 0.3) is 22.3 Å². The predicted octanol–water partition coefficient (Wildman–Crippen LogP) is 2.86. The highest BCUT2D eigenvalue weighted by molar-refractivity contribution is 7.92. The minimum Gasteiger partial charge on any atom is -0.493 e. The molecule has 28 heavy (non-hydrogen) atoms. The highest BCUT2D eigenvalue weighted by Gasteiger charge is 2.20. The van der Waals surface area contributed by atoms with Gasteiger partial charge in [-0.2, -0.15) is 0 Å². The number of nitrogens with one attached hydrogen (secondary N) is 1. The summed E-state index contributed by atoms with van der Waals surface area (Å²) >= 11 is 0. The van der Waals surface area contributed by atoms with Crippen LogP contribution in [-0.2, 0) is 10.0 Å². The van der Waals surface area contributed by atoms with E-state index >= 15 is 0 Å². The van der Waals surface area contributed by atoms with Gasteiger partial charge < -0.3 is 18.6 Å². The van der Waals surface area contributed by atoms with Gasteiger partial charge in [-0.3, -0.25) is 9.52 Å². The Morgan fingerprint density at radius 3 is 2.11 bits per heavy atom. The van der Waals surface area contributed by atoms with Crippen molar-refractivity contribution in [3.05, 3.63) is 46.6 Å². The van der Waals surface area contributed by atoms with Crippen molar-refractivity contribution in [1.82, 2.24) is 0 Å². The summed E-state index contributed by atoms with van der Waals surface area (Å²) in [5.41, 5.74) is 0.969. The molecule has 1 aromatic heterocycles. The van der Waals surface area contributed by atoms with Gasteiger partial charge in [0, 0.05) is 23.4 Å². The summed E-state index contributed by atoms with van der Waals surface area (Å²) in [5, 5.41) is 0.235. The molecule has 0 radical (unpaired) electrons. The second-order valence-corrected chi connectivity index (χ2v) is 7.69. The van der Waals surface area contributed by atoms with E-state index in [2.05, 4.69) is 4.72 Å². The van der Waals surface area contributed by atoms with Crippen LogP contribution in [0.5, 0.6) is 17.2 Å². The molecule has 9 heteroatoms. The molecule has 0 bridgehead atoms. The Morgan fingerprint density at radius 2 is 1.57 bits per heavy atom. The van der Waals surface area contributed by atoms with Gasteiger partial charge >= 0.3 is 0 Å². The number of anilines is 1. The van der Waals surface area contributed by atoms with E-state index in [1.54, 1.807) is 30.3 Å². The normalized spacial score (nSPS) is 11.3. The first-order valence-corrected chi connectivity index (χ1v) is 10.0. The van der Waals surface area contributed by atoms with E-state index < -0.39 is 10.0 Å². The Balaban J connectivity index is 2.15. The van der Waals surface area contributed by atoms with Crippen LogP contribution < -0.4 is 24.4 Å². The van der Waals surface area contributed by atoms with Crippen molar-refractivity contribution >= 4 is 26.7 Å². The van der Waals surface area contributed by atoms with Crippen molar-refractivity contribution < 1.29 is 27.0 Å². The molecule has 0 aliphatic rings. The van der Waals surface area contributed by atoms with Crippen molar-refractivity contribution in [2.24, 2.45) is 0 Å². The van der Waals surface area contributed by atoms with Crippen LogP contribution in [0.2, 0.25) is 0 Å². The third-order valence-corrected chi connectivity index (χ3v) is 4.60. The van der Waals surface area contributed by atoms with Crippen molar-refractivity contribution in [2.45, 2.75) is 0 Å². The molecule has 0 atom stereocenters. The van der Waals surface area contributed by atoms with Gasteiger partial charge in [-0.05, 0) is 24.3 Å². The number of rotatable bonds is 6. The Labute approximate surface area is 161 Å². The van der Waals surface area contributed by atoms with Crippen LogP contribution in [0.4, 0.5) is 5.69 Å². The van der Waals surface area contributed by atoms with Crippen LogP contribution in [0.3, 0.4) is 0 Å². The molecule has 1 N–H and O–H groups in total. The smallest absolute Gasteiger partial charge is 0.229 e. The van der Waals surface area contributed by atoms with Crippen LogP contribution in [0.15, 0.2) is 45.6 Å². The number of fused-ring (bicyclic) bond motifs is 1. The number of methoxy groups -OCH3 is 3. The molecule has 0 unspecified atom stereocenters. The van der Waals surface area contributed by atoms with E-state index in [0.29, 0.717) is 28.5 Å². The summed E-state index contributed by atoms with van der Waals surface area (Å²) in [6.07, 6.45) is 1.07. The Bertz CT molecular complexity index is 1180. The molecule has 0 aliphatic heterocycles. The van der Waals surface area contributed by atoms with Gasteiger partial charge in [-0.15, -0.1) is 0 Å². The van der Waals surface area contributed by atoms with Gasteiger partial charge in [-0.25, -0.2) is 8.42 Å². The first kappa shape index (κ1) is 19.6. The van der Waals surface area contributed by atoms with E-state index in [0.717, 1.165) is 6.26 Å². The third kappa shape index (κ3) is 3.74. The largest absolute Gasteiger partial charge is 0.493 e. The fraction of sp³-hybridized carbons (Fsp3) is 0.211. The molecule has 0 aliphatic carbocycles. The van der Waals surface area contributed by atoms with E-state index in [-0.39, 0.29) is 22.1 Å². The first-order chi connectivity index (χ1) is 13.3. The molecule has 0 spiro atoms. The zero-order chi connectivity index (χ0) is 20.5. The zero-order valence-electron chi connectivity index (χ0n) is 15.7. The topological polar surface area (TPSA) is 104 Å². The summed E-state index contributed by atoms with van der Waals surface area (Å²) in [5.74, 6) is 1.20. The summed E-state index contributed by atoms with van der Waals surface area (Å²) in [4.78, 5) is 12.7. The van der Waals surface area contributed by atoms with Crippen molar-refractivity contribution in [2.75, 3.05) is 32.3 Å². The summed E-state index contributed by atoms with van der Waals surface area (Å²) < 4.78 is 46.9. The molecule has 0 saturated heterocycles.